The largest absolute Gasteiger partial charge is 0.289 e. The fraction of sp³-hybridized carbons (Fsp3) is 0.0435. The second-order valence-electron chi connectivity index (χ2n) is 6.53. The third kappa shape index (κ3) is 3.31. The maximum atomic E-state index is 12.1. The fourth-order valence-electron chi connectivity index (χ4n) is 3.22. The molecule has 4 rings (SSSR count). The molecule has 138 valence electrons. The number of aromatic nitrogens is 2. The molecule has 0 aliphatic heterocycles. The standard InChI is InChI=1S/C23H20N4O/c1-16-7-5-6-10-21(16)27-22(15-20(26-27)23(28)25-24)19-13-11-18(12-14-19)17-8-3-2-4-9-17/h2-15H,24H2,1H3,(H,25,28). The lowest BCUT2D eigenvalue weighted by Crippen LogP contribution is -2.30. The van der Waals surface area contributed by atoms with Crippen LogP contribution in [-0.2, 0) is 0 Å². The molecule has 0 saturated heterocycles. The summed E-state index contributed by atoms with van der Waals surface area (Å²) in [6.07, 6.45) is 0. The minimum absolute atomic E-state index is 0.271. The van der Waals surface area contributed by atoms with Crippen LogP contribution in [0, 0.1) is 6.92 Å². The van der Waals surface area contributed by atoms with Crippen molar-refractivity contribution in [2.24, 2.45) is 5.84 Å². The molecule has 0 bridgehead atoms. The highest BCUT2D eigenvalue weighted by Gasteiger charge is 2.17. The predicted molar refractivity (Wildman–Crippen MR) is 111 cm³/mol. The summed E-state index contributed by atoms with van der Waals surface area (Å²) in [6.45, 7) is 2.02. The van der Waals surface area contributed by atoms with Gasteiger partial charge in [0.15, 0.2) is 5.69 Å². The van der Waals surface area contributed by atoms with Crippen molar-refractivity contribution in [3.63, 3.8) is 0 Å². The van der Waals surface area contributed by atoms with Crippen molar-refractivity contribution in [2.45, 2.75) is 6.92 Å². The lowest BCUT2D eigenvalue weighted by molar-refractivity contribution is 0.0948. The van der Waals surface area contributed by atoms with Crippen LogP contribution in [0.15, 0.2) is 84.9 Å². The molecule has 1 aromatic heterocycles. The molecule has 5 heteroatoms. The highest BCUT2D eigenvalue weighted by Crippen LogP contribution is 2.28. The Morgan fingerprint density at radius 1 is 0.857 bits per heavy atom. The van der Waals surface area contributed by atoms with E-state index in [-0.39, 0.29) is 5.69 Å². The summed E-state index contributed by atoms with van der Waals surface area (Å²) in [6, 6.07) is 28.1. The predicted octanol–water partition coefficient (Wildman–Crippen LogP) is 4.12. The minimum Gasteiger partial charge on any atom is -0.289 e. The van der Waals surface area contributed by atoms with Gasteiger partial charge in [0, 0.05) is 5.56 Å². The average Bonchev–Trinajstić information content (AvgIpc) is 3.19. The van der Waals surface area contributed by atoms with Crippen molar-refractivity contribution in [1.82, 2.24) is 15.2 Å². The van der Waals surface area contributed by atoms with Crippen molar-refractivity contribution in [1.29, 1.82) is 0 Å². The molecule has 0 unspecified atom stereocenters. The van der Waals surface area contributed by atoms with E-state index in [9.17, 15) is 4.79 Å². The smallest absolute Gasteiger partial charge is 0.285 e. The van der Waals surface area contributed by atoms with E-state index in [0.29, 0.717) is 0 Å². The molecule has 0 aliphatic rings. The number of para-hydroxylation sites is 1. The van der Waals surface area contributed by atoms with Gasteiger partial charge in [-0.15, -0.1) is 0 Å². The lowest BCUT2D eigenvalue weighted by atomic mass is 10.0. The second kappa shape index (κ2) is 7.50. The van der Waals surface area contributed by atoms with Crippen LogP contribution in [0.5, 0.6) is 0 Å². The maximum Gasteiger partial charge on any atom is 0.285 e. The van der Waals surface area contributed by atoms with Gasteiger partial charge in [0.25, 0.3) is 5.91 Å². The minimum atomic E-state index is -0.422. The molecule has 1 amide bonds. The summed E-state index contributed by atoms with van der Waals surface area (Å²) in [4.78, 5) is 12.1. The van der Waals surface area contributed by atoms with Gasteiger partial charge in [-0.1, -0.05) is 72.8 Å². The Morgan fingerprint density at radius 3 is 2.14 bits per heavy atom. The van der Waals surface area contributed by atoms with Gasteiger partial charge in [-0.25, -0.2) is 10.5 Å². The molecule has 28 heavy (non-hydrogen) atoms. The zero-order valence-electron chi connectivity index (χ0n) is 15.5. The van der Waals surface area contributed by atoms with Crippen LogP contribution in [0.1, 0.15) is 16.1 Å². The topological polar surface area (TPSA) is 72.9 Å². The number of amides is 1. The summed E-state index contributed by atoms with van der Waals surface area (Å²) in [5.74, 6) is 4.88. The Bertz CT molecular complexity index is 1120. The van der Waals surface area contributed by atoms with Gasteiger partial charge < -0.3 is 0 Å². The highest BCUT2D eigenvalue weighted by molar-refractivity contribution is 5.93. The molecule has 0 fully saturated rings. The molecule has 5 nitrogen and oxygen atoms in total. The zero-order chi connectivity index (χ0) is 19.5. The van der Waals surface area contributed by atoms with Crippen LogP contribution in [0.3, 0.4) is 0 Å². The Labute approximate surface area is 163 Å². The van der Waals surface area contributed by atoms with Crippen molar-refractivity contribution < 1.29 is 4.79 Å². The first-order chi connectivity index (χ1) is 13.7. The number of hydrazine groups is 1. The Morgan fingerprint density at radius 2 is 1.46 bits per heavy atom. The van der Waals surface area contributed by atoms with Gasteiger partial charge in [-0.05, 0) is 35.7 Å². The molecule has 0 saturated carbocycles. The van der Waals surface area contributed by atoms with Crippen molar-refractivity contribution >= 4 is 5.91 Å². The number of benzene rings is 3. The van der Waals surface area contributed by atoms with Crippen LogP contribution >= 0.6 is 0 Å². The fourth-order valence-corrected chi connectivity index (χ4v) is 3.22. The Kier molecular flexibility index (Phi) is 4.74. The molecule has 3 N–H and O–H groups in total. The van der Waals surface area contributed by atoms with Crippen molar-refractivity contribution in [3.8, 4) is 28.1 Å². The van der Waals surface area contributed by atoms with Gasteiger partial charge in [-0.3, -0.25) is 10.2 Å². The summed E-state index contributed by atoms with van der Waals surface area (Å²) in [5, 5.41) is 4.49. The lowest BCUT2D eigenvalue weighted by Gasteiger charge is -2.11. The highest BCUT2D eigenvalue weighted by atomic mass is 16.2. The summed E-state index contributed by atoms with van der Waals surface area (Å²) in [7, 11) is 0. The number of nitrogen functional groups attached to an aromatic ring is 1. The molecular formula is C23H20N4O. The van der Waals surface area contributed by atoms with E-state index in [1.54, 1.807) is 10.7 Å². The number of nitrogens with zero attached hydrogens (tertiary/aromatic N) is 2. The molecule has 3 aromatic carbocycles. The molecule has 1 heterocycles. The molecule has 4 aromatic rings. The summed E-state index contributed by atoms with van der Waals surface area (Å²) in [5.41, 5.74) is 8.48. The number of hydrogen-bond donors (Lipinski definition) is 2. The van der Waals surface area contributed by atoms with Crippen LogP contribution < -0.4 is 11.3 Å². The Hall–Kier alpha value is -3.70. The van der Waals surface area contributed by atoms with Crippen molar-refractivity contribution in [2.75, 3.05) is 0 Å². The molecule has 0 radical (unpaired) electrons. The van der Waals surface area contributed by atoms with E-state index in [1.807, 2.05) is 61.5 Å². The van der Waals surface area contributed by atoms with Crippen LogP contribution in [0.4, 0.5) is 0 Å². The molecular weight excluding hydrogens is 348 g/mol. The zero-order valence-corrected chi connectivity index (χ0v) is 15.5. The third-order valence-electron chi connectivity index (χ3n) is 4.70. The Balaban J connectivity index is 1.81. The average molecular weight is 368 g/mol. The molecule has 0 spiro atoms. The van der Waals surface area contributed by atoms with Gasteiger partial charge in [0.2, 0.25) is 0 Å². The van der Waals surface area contributed by atoms with E-state index in [2.05, 4.69) is 34.8 Å². The third-order valence-corrected chi connectivity index (χ3v) is 4.70. The number of rotatable bonds is 4. The van der Waals surface area contributed by atoms with E-state index in [4.69, 9.17) is 5.84 Å². The number of hydrogen-bond acceptors (Lipinski definition) is 3. The number of aryl methyl sites for hydroxylation is 1. The van der Waals surface area contributed by atoms with Gasteiger partial charge >= 0.3 is 0 Å². The summed E-state index contributed by atoms with van der Waals surface area (Å²) < 4.78 is 1.79. The van der Waals surface area contributed by atoms with E-state index in [1.165, 1.54) is 0 Å². The maximum absolute atomic E-state index is 12.1. The van der Waals surface area contributed by atoms with Gasteiger partial charge in [0.05, 0.1) is 11.4 Å². The van der Waals surface area contributed by atoms with E-state index >= 15 is 0 Å². The van der Waals surface area contributed by atoms with Crippen LogP contribution in [-0.4, -0.2) is 15.7 Å². The normalized spacial score (nSPS) is 10.6. The second-order valence-corrected chi connectivity index (χ2v) is 6.53. The quantitative estimate of drug-likeness (QED) is 0.323. The van der Waals surface area contributed by atoms with Crippen LogP contribution in [0.25, 0.3) is 28.1 Å². The van der Waals surface area contributed by atoms with Gasteiger partial charge in [0.1, 0.15) is 0 Å². The number of nitrogens with two attached hydrogens (primary N) is 1. The molecule has 0 atom stereocenters. The number of carbonyl (C=O) groups excluding carboxylic acids is 1. The first kappa shape index (κ1) is 17.7. The number of nitrogens with one attached hydrogen (secondary N) is 1. The van der Waals surface area contributed by atoms with Gasteiger partial charge in [-0.2, -0.15) is 5.10 Å². The summed E-state index contributed by atoms with van der Waals surface area (Å²) >= 11 is 0. The van der Waals surface area contributed by atoms with Crippen LogP contribution in [0.2, 0.25) is 0 Å². The first-order valence-corrected chi connectivity index (χ1v) is 9.00. The number of carbonyl (C=O) groups is 1. The first-order valence-electron chi connectivity index (χ1n) is 9.00. The van der Waals surface area contributed by atoms with E-state index < -0.39 is 5.91 Å². The van der Waals surface area contributed by atoms with Crippen molar-refractivity contribution in [3.05, 3.63) is 96.2 Å². The monoisotopic (exact) mass is 368 g/mol. The molecule has 0 aliphatic carbocycles. The SMILES string of the molecule is Cc1ccccc1-n1nc(C(=O)NN)cc1-c1ccc(-c2ccccc2)cc1. The van der Waals surface area contributed by atoms with E-state index in [0.717, 1.165) is 33.6 Å².